The van der Waals surface area contributed by atoms with Crippen LogP contribution in [0.3, 0.4) is 0 Å². The molecule has 8 heteroatoms. The molecule has 0 spiro atoms. The van der Waals surface area contributed by atoms with Crippen molar-refractivity contribution in [1.82, 2.24) is 25.4 Å². The lowest BCUT2D eigenvalue weighted by Crippen LogP contribution is -2.38. The molecule has 0 saturated carbocycles. The summed E-state index contributed by atoms with van der Waals surface area (Å²) in [6, 6.07) is 13.9. The summed E-state index contributed by atoms with van der Waals surface area (Å²) < 4.78 is 7.45. The standard InChI is InChI=1S/C20H24N6O.HI/c1-16-4-6-18(7-5-16)27-13-11-23-20(21-2)24-15-17-8-10-22-19(14-17)26-12-3-9-25-26;/h3-10,12,14H,11,13,15H2,1-2H3,(H2,21,23,24);1H. The quantitative estimate of drug-likeness (QED) is 0.230. The molecule has 0 radical (unpaired) electrons. The molecule has 0 bridgehead atoms. The number of nitrogens with one attached hydrogen (secondary N) is 2. The number of pyridine rings is 1. The van der Waals surface area contributed by atoms with Crippen molar-refractivity contribution in [3.63, 3.8) is 0 Å². The number of guanidine groups is 1. The van der Waals surface area contributed by atoms with Crippen molar-refractivity contribution in [2.24, 2.45) is 4.99 Å². The fourth-order valence-corrected chi connectivity index (χ4v) is 2.48. The van der Waals surface area contributed by atoms with Gasteiger partial charge in [0.05, 0.1) is 6.54 Å². The number of benzene rings is 1. The number of aliphatic imine (C=N–C) groups is 1. The van der Waals surface area contributed by atoms with Gasteiger partial charge in [-0.2, -0.15) is 5.10 Å². The molecule has 0 unspecified atom stereocenters. The van der Waals surface area contributed by atoms with Gasteiger partial charge >= 0.3 is 0 Å². The third-order valence-electron chi connectivity index (χ3n) is 3.92. The molecular weight excluding hydrogens is 467 g/mol. The van der Waals surface area contributed by atoms with Gasteiger partial charge in [-0.05, 0) is 42.8 Å². The minimum absolute atomic E-state index is 0. The average Bonchev–Trinajstić information content (AvgIpc) is 3.24. The predicted octanol–water partition coefficient (Wildman–Crippen LogP) is 2.94. The van der Waals surface area contributed by atoms with Gasteiger partial charge in [-0.1, -0.05) is 17.7 Å². The van der Waals surface area contributed by atoms with Crippen LogP contribution in [0, 0.1) is 6.92 Å². The van der Waals surface area contributed by atoms with Crippen LogP contribution < -0.4 is 15.4 Å². The van der Waals surface area contributed by atoms with E-state index in [1.807, 2.05) is 48.7 Å². The summed E-state index contributed by atoms with van der Waals surface area (Å²) in [4.78, 5) is 8.57. The molecule has 148 valence electrons. The maximum atomic E-state index is 5.71. The second-order valence-corrected chi connectivity index (χ2v) is 5.99. The summed E-state index contributed by atoms with van der Waals surface area (Å²) >= 11 is 0. The summed E-state index contributed by atoms with van der Waals surface area (Å²) in [7, 11) is 1.75. The van der Waals surface area contributed by atoms with E-state index < -0.39 is 0 Å². The van der Waals surface area contributed by atoms with Crippen molar-refractivity contribution in [3.05, 3.63) is 72.2 Å². The number of rotatable bonds is 7. The van der Waals surface area contributed by atoms with E-state index >= 15 is 0 Å². The van der Waals surface area contributed by atoms with Gasteiger partial charge in [-0.25, -0.2) is 9.67 Å². The molecule has 2 N–H and O–H groups in total. The van der Waals surface area contributed by atoms with E-state index in [2.05, 4.69) is 32.6 Å². The second-order valence-electron chi connectivity index (χ2n) is 5.99. The topological polar surface area (TPSA) is 76.4 Å². The van der Waals surface area contributed by atoms with E-state index in [0.29, 0.717) is 19.7 Å². The zero-order valence-electron chi connectivity index (χ0n) is 16.0. The molecule has 7 nitrogen and oxygen atoms in total. The summed E-state index contributed by atoms with van der Waals surface area (Å²) in [5.41, 5.74) is 2.31. The normalized spacial score (nSPS) is 10.9. The van der Waals surface area contributed by atoms with Gasteiger partial charge in [-0.15, -0.1) is 24.0 Å². The largest absolute Gasteiger partial charge is 0.492 e. The first-order chi connectivity index (χ1) is 13.2. The van der Waals surface area contributed by atoms with Crippen LogP contribution in [0.4, 0.5) is 0 Å². The van der Waals surface area contributed by atoms with Gasteiger partial charge in [0.15, 0.2) is 11.8 Å². The van der Waals surface area contributed by atoms with Crippen LogP contribution in [0.15, 0.2) is 66.0 Å². The molecule has 0 atom stereocenters. The number of ether oxygens (including phenoxy) is 1. The van der Waals surface area contributed by atoms with Crippen molar-refractivity contribution in [1.29, 1.82) is 0 Å². The molecule has 3 aromatic rings. The van der Waals surface area contributed by atoms with Crippen LogP contribution in [0.1, 0.15) is 11.1 Å². The molecule has 0 aliphatic heterocycles. The van der Waals surface area contributed by atoms with E-state index in [9.17, 15) is 0 Å². The van der Waals surface area contributed by atoms with E-state index in [1.165, 1.54) is 5.56 Å². The highest BCUT2D eigenvalue weighted by molar-refractivity contribution is 14.0. The highest BCUT2D eigenvalue weighted by atomic mass is 127. The molecule has 28 heavy (non-hydrogen) atoms. The number of halogens is 1. The molecule has 3 rings (SSSR count). The number of hydrogen-bond acceptors (Lipinski definition) is 4. The monoisotopic (exact) mass is 492 g/mol. The Labute approximate surface area is 182 Å². The third-order valence-corrected chi connectivity index (χ3v) is 3.92. The molecule has 2 aromatic heterocycles. The van der Waals surface area contributed by atoms with E-state index in [4.69, 9.17) is 4.74 Å². The highest BCUT2D eigenvalue weighted by Gasteiger charge is 2.02. The summed E-state index contributed by atoms with van der Waals surface area (Å²) in [5.74, 6) is 2.38. The Morgan fingerprint density at radius 3 is 2.68 bits per heavy atom. The lowest BCUT2D eigenvalue weighted by atomic mass is 10.2. The number of nitrogens with zero attached hydrogens (tertiary/aromatic N) is 4. The zero-order chi connectivity index (χ0) is 18.9. The molecule has 0 aliphatic carbocycles. The molecule has 0 fully saturated rings. The third kappa shape index (κ3) is 6.52. The number of aromatic nitrogens is 3. The smallest absolute Gasteiger partial charge is 0.191 e. The van der Waals surface area contributed by atoms with Crippen molar-refractivity contribution in [3.8, 4) is 11.6 Å². The fourth-order valence-electron chi connectivity index (χ4n) is 2.48. The van der Waals surface area contributed by atoms with Crippen LogP contribution in [0.5, 0.6) is 5.75 Å². The van der Waals surface area contributed by atoms with Gasteiger partial charge in [0.1, 0.15) is 12.4 Å². The molecule has 1 aromatic carbocycles. The average molecular weight is 492 g/mol. The van der Waals surface area contributed by atoms with Crippen LogP contribution in [-0.4, -0.2) is 40.9 Å². The van der Waals surface area contributed by atoms with Gasteiger partial charge in [-0.3, -0.25) is 4.99 Å². The van der Waals surface area contributed by atoms with Crippen molar-refractivity contribution >= 4 is 29.9 Å². The maximum absolute atomic E-state index is 5.71. The minimum Gasteiger partial charge on any atom is -0.492 e. The molecular formula is C20H25IN6O. The van der Waals surface area contributed by atoms with Gasteiger partial charge < -0.3 is 15.4 Å². The van der Waals surface area contributed by atoms with Gasteiger partial charge in [0, 0.05) is 32.2 Å². The predicted molar refractivity (Wildman–Crippen MR) is 122 cm³/mol. The van der Waals surface area contributed by atoms with Crippen molar-refractivity contribution < 1.29 is 4.74 Å². The van der Waals surface area contributed by atoms with Crippen LogP contribution in [-0.2, 0) is 6.54 Å². The zero-order valence-corrected chi connectivity index (χ0v) is 18.3. The lowest BCUT2D eigenvalue weighted by molar-refractivity contribution is 0.322. The van der Waals surface area contributed by atoms with Gasteiger partial charge in [0.2, 0.25) is 0 Å². The molecule has 0 aliphatic rings. The Bertz CT molecular complexity index is 865. The lowest BCUT2D eigenvalue weighted by Gasteiger charge is -2.13. The Morgan fingerprint density at radius 2 is 1.96 bits per heavy atom. The first-order valence-corrected chi connectivity index (χ1v) is 8.83. The first-order valence-electron chi connectivity index (χ1n) is 8.83. The van der Waals surface area contributed by atoms with Crippen LogP contribution in [0.2, 0.25) is 0 Å². The van der Waals surface area contributed by atoms with E-state index in [-0.39, 0.29) is 24.0 Å². The SMILES string of the molecule is CN=C(NCCOc1ccc(C)cc1)NCc1ccnc(-n2cccn2)c1.I. The molecule has 2 heterocycles. The highest BCUT2D eigenvalue weighted by Crippen LogP contribution is 2.10. The van der Waals surface area contributed by atoms with Crippen molar-refractivity contribution in [2.45, 2.75) is 13.5 Å². The van der Waals surface area contributed by atoms with Crippen LogP contribution in [0.25, 0.3) is 5.82 Å². The van der Waals surface area contributed by atoms with Gasteiger partial charge in [0.25, 0.3) is 0 Å². The second kappa shape index (κ2) is 11.3. The van der Waals surface area contributed by atoms with Crippen LogP contribution >= 0.6 is 24.0 Å². The molecule has 0 amide bonds. The summed E-state index contributed by atoms with van der Waals surface area (Å²) in [6.45, 7) is 3.90. The van der Waals surface area contributed by atoms with E-state index in [0.717, 1.165) is 23.1 Å². The fraction of sp³-hybridized carbons (Fsp3) is 0.250. The Kier molecular flexibility index (Phi) is 8.73. The Morgan fingerprint density at radius 1 is 1.14 bits per heavy atom. The maximum Gasteiger partial charge on any atom is 0.191 e. The Balaban J connectivity index is 0.00000280. The summed E-state index contributed by atoms with van der Waals surface area (Å²) in [5, 5.41) is 10.7. The number of aryl methyl sites for hydroxylation is 1. The minimum atomic E-state index is 0. The Hall–Kier alpha value is -2.62. The molecule has 0 saturated heterocycles. The first kappa shape index (κ1) is 21.7. The number of hydrogen-bond donors (Lipinski definition) is 2. The summed E-state index contributed by atoms with van der Waals surface area (Å²) in [6.07, 6.45) is 5.38. The van der Waals surface area contributed by atoms with E-state index in [1.54, 1.807) is 24.1 Å². The van der Waals surface area contributed by atoms with Crippen molar-refractivity contribution in [2.75, 3.05) is 20.2 Å².